The van der Waals surface area contributed by atoms with E-state index in [2.05, 4.69) is 13.5 Å². The summed E-state index contributed by atoms with van der Waals surface area (Å²) in [5, 5.41) is 0. The van der Waals surface area contributed by atoms with Crippen molar-refractivity contribution in [2.45, 2.75) is 26.2 Å². The van der Waals surface area contributed by atoms with Gasteiger partial charge in [0.1, 0.15) is 0 Å². The number of hydrogen-bond donors (Lipinski definition) is 0. The van der Waals surface area contributed by atoms with Gasteiger partial charge in [0.2, 0.25) is 0 Å². The summed E-state index contributed by atoms with van der Waals surface area (Å²) in [6.07, 6.45) is 7.01. The highest BCUT2D eigenvalue weighted by atomic mass is 14.0. The van der Waals surface area contributed by atoms with Gasteiger partial charge in [-0.25, -0.2) is 0 Å². The van der Waals surface area contributed by atoms with E-state index in [9.17, 15) is 0 Å². The molecule has 0 fully saturated rings. The van der Waals surface area contributed by atoms with E-state index in [4.69, 9.17) is 6.58 Å². The van der Waals surface area contributed by atoms with Crippen LogP contribution in [0, 0.1) is 12.5 Å². The van der Waals surface area contributed by atoms with Crippen molar-refractivity contribution < 1.29 is 0 Å². The zero-order valence-corrected chi connectivity index (χ0v) is 6.14. The zero-order chi connectivity index (χ0) is 7.11. The summed E-state index contributed by atoms with van der Waals surface area (Å²) in [5.74, 6) is 0.716. The molecule has 51 valence electrons. The highest BCUT2D eigenvalue weighted by molar-refractivity contribution is 4.72. The summed E-state index contributed by atoms with van der Waals surface area (Å²) in [6, 6.07) is 0. The monoisotopic (exact) mass is 123 g/mol. The molecular formula is C9H15. The van der Waals surface area contributed by atoms with Crippen molar-refractivity contribution >= 4 is 0 Å². The molecule has 0 aliphatic carbocycles. The summed E-state index contributed by atoms with van der Waals surface area (Å²) >= 11 is 0. The molecule has 1 unspecified atom stereocenters. The van der Waals surface area contributed by atoms with E-state index in [0.29, 0.717) is 5.92 Å². The molecule has 0 rings (SSSR count). The van der Waals surface area contributed by atoms with Gasteiger partial charge in [-0.2, -0.15) is 0 Å². The molecule has 0 bridgehead atoms. The molecule has 0 aromatic rings. The van der Waals surface area contributed by atoms with Gasteiger partial charge < -0.3 is 0 Å². The Morgan fingerprint density at radius 3 is 2.78 bits per heavy atom. The van der Waals surface area contributed by atoms with E-state index in [1.165, 1.54) is 6.42 Å². The van der Waals surface area contributed by atoms with E-state index in [1.54, 1.807) is 6.08 Å². The second-order valence-corrected chi connectivity index (χ2v) is 2.44. The quantitative estimate of drug-likeness (QED) is 0.493. The highest BCUT2D eigenvalue weighted by Gasteiger charge is 1.95. The summed E-state index contributed by atoms with van der Waals surface area (Å²) in [4.78, 5) is 0. The van der Waals surface area contributed by atoms with Gasteiger partial charge in [-0.1, -0.05) is 25.7 Å². The van der Waals surface area contributed by atoms with Crippen LogP contribution < -0.4 is 0 Å². The normalized spacial score (nSPS) is 12.6. The van der Waals surface area contributed by atoms with Crippen molar-refractivity contribution in [3.63, 3.8) is 0 Å². The van der Waals surface area contributed by atoms with Crippen LogP contribution in [-0.4, -0.2) is 0 Å². The molecule has 0 aliphatic heterocycles. The third kappa shape index (κ3) is 5.35. The lowest BCUT2D eigenvalue weighted by atomic mass is 10.0. The van der Waals surface area contributed by atoms with Gasteiger partial charge in [-0.15, -0.1) is 6.58 Å². The molecule has 1 radical (unpaired) electrons. The van der Waals surface area contributed by atoms with Crippen LogP contribution in [0.5, 0.6) is 0 Å². The first-order chi connectivity index (χ1) is 4.31. The molecule has 0 heterocycles. The smallest absolute Gasteiger partial charge is 0.0322 e. The van der Waals surface area contributed by atoms with Crippen LogP contribution in [0.25, 0.3) is 0 Å². The van der Waals surface area contributed by atoms with Crippen molar-refractivity contribution in [3.8, 4) is 0 Å². The standard InChI is InChI=1S/C9H15/c1-4-6-8-9(3)7-5-2/h2,4-5,9H,1,6-8H2,3H3. The SMILES string of the molecule is [CH]=CCC(C)CCC=C. The Morgan fingerprint density at radius 2 is 2.33 bits per heavy atom. The lowest BCUT2D eigenvalue weighted by molar-refractivity contribution is 0.547. The largest absolute Gasteiger partial charge is 0.103 e. The molecule has 0 aromatic carbocycles. The fourth-order valence-electron chi connectivity index (χ4n) is 0.753. The summed E-state index contributed by atoms with van der Waals surface area (Å²) < 4.78 is 0. The van der Waals surface area contributed by atoms with E-state index >= 15 is 0 Å². The topological polar surface area (TPSA) is 0 Å². The lowest BCUT2D eigenvalue weighted by Gasteiger charge is -2.03. The Kier molecular flexibility index (Phi) is 5.29. The molecule has 0 aliphatic rings. The third-order valence-corrected chi connectivity index (χ3v) is 1.40. The van der Waals surface area contributed by atoms with Gasteiger partial charge in [-0.3, -0.25) is 0 Å². The molecule has 0 spiro atoms. The van der Waals surface area contributed by atoms with Crippen LogP contribution in [0.3, 0.4) is 0 Å². The van der Waals surface area contributed by atoms with Gasteiger partial charge in [-0.05, 0) is 25.2 Å². The van der Waals surface area contributed by atoms with Gasteiger partial charge in [0.05, 0.1) is 0 Å². The number of hydrogen-bond acceptors (Lipinski definition) is 0. The Hall–Kier alpha value is -0.520. The minimum atomic E-state index is 0.716. The predicted molar refractivity (Wildman–Crippen MR) is 42.1 cm³/mol. The van der Waals surface area contributed by atoms with Crippen molar-refractivity contribution in [1.29, 1.82) is 0 Å². The number of allylic oxidation sites excluding steroid dienone is 2. The molecule has 0 amide bonds. The summed E-state index contributed by atoms with van der Waals surface area (Å²) in [6.45, 7) is 11.1. The average molecular weight is 123 g/mol. The van der Waals surface area contributed by atoms with Crippen molar-refractivity contribution in [2.24, 2.45) is 5.92 Å². The van der Waals surface area contributed by atoms with E-state index in [0.717, 1.165) is 12.8 Å². The Bertz CT molecular complexity index is 82.0. The maximum absolute atomic E-state index is 5.25. The van der Waals surface area contributed by atoms with Gasteiger partial charge in [0.25, 0.3) is 0 Å². The summed E-state index contributed by atoms with van der Waals surface area (Å²) in [7, 11) is 0. The molecule has 0 saturated carbocycles. The minimum Gasteiger partial charge on any atom is -0.103 e. The fraction of sp³-hybridized carbons (Fsp3) is 0.556. The van der Waals surface area contributed by atoms with Crippen LogP contribution in [0.1, 0.15) is 26.2 Å². The Morgan fingerprint density at radius 1 is 1.67 bits per heavy atom. The van der Waals surface area contributed by atoms with Crippen LogP contribution >= 0.6 is 0 Å². The average Bonchev–Trinajstić information content (AvgIpc) is 1.85. The maximum Gasteiger partial charge on any atom is -0.0322 e. The second-order valence-electron chi connectivity index (χ2n) is 2.44. The zero-order valence-electron chi connectivity index (χ0n) is 6.14. The first-order valence-corrected chi connectivity index (χ1v) is 3.45. The summed E-state index contributed by atoms with van der Waals surface area (Å²) in [5.41, 5.74) is 0. The predicted octanol–water partition coefficient (Wildman–Crippen LogP) is 2.97. The van der Waals surface area contributed by atoms with E-state index in [-0.39, 0.29) is 0 Å². The van der Waals surface area contributed by atoms with Crippen LogP contribution in [-0.2, 0) is 0 Å². The first-order valence-electron chi connectivity index (χ1n) is 3.45. The third-order valence-electron chi connectivity index (χ3n) is 1.40. The van der Waals surface area contributed by atoms with Crippen molar-refractivity contribution in [3.05, 3.63) is 25.3 Å². The second kappa shape index (κ2) is 5.61. The lowest BCUT2D eigenvalue weighted by Crippen LogP contribution is -1.89. The van der Waals surface area contributed by atoms with Gasteiger partial charge in [0, 0.05) is 0 Å². The molecule has 0 N–H and O–H groups in total. The first kappa shape index (κ1) is 8.48. The van der Waals surface area contributed by atoms with Crippen molar-refractivity contribution in [2.75, 3.05) is 0 Å². The minimum absolute atomic E-state index is 0.716. The van der Waals surface area contributed by atoms with Crippen molar-refractivity contribution in [1.82, 2.24) is 0 Å². The van der Waals surface area contributed by atoms with Crippen LogP contribution in [0.4, 0.5) is 0 Å². The molecule has 0 saturated heterocycles. The molecular weight excluding hydrogens is 108 g/mol. The van der Waals surface area contributed by atoms with Gasteiger partial charge in [0.15, 0.2) is 0 Å². The Labute approximate surface area is 58.3 Å². The molecule has 0 heteroatoms. The molecule has 9 heavy (non-hydrogen) atoms. The maximum atomic E-state index is 5.25. The van der Waals surface area contributed by atoms with E-state index in [1.807, 2.05) is 6.08 Å². The molecule has 0 nitrogen and oxygen atoms in total. The molecule has 0 aromatic heterocycles. The number of rotatable bonds is 5. The molecule has 1 atom stereocenters. The van der Waals surface area contributed by atoms with Gasteiger partial charge >= 0.3 is 0 Å². The van der Waals surface area contributed by atoms with Crippen LogP contribution in [0.15, 0.2) is 18.7 Å². The fourth-order valence-corrected chi connectivity index (χ4v) is 0.753. The van der Waals surface area contributed by atoms with E-state index < -0.39 is 0 Å². The van der Waals surface area contributed by atoms with Crippen LogP contribution in [0.2, 0.25) is 0 Å². The highest BCUT2D eigenvalue weighted by Crippen LogP contribution is 2.09. The Balaban J connectivity index is 3.14.